The van der Waals surface area contributed by atoms with Gasteiger partial charge in [0.05, 0.1) is 13.2 Å². The molecule has 1 aromatic rings. The Morgan fingerprint density at radius 1 is 1.60 bits per heavy atom. The summed E-state index contributed by atoms with van der Waals surface area (Å²) in [6.07, 6.45) is 1.65. The summed E-state index contributed by atoms with van der Waals surface area (Å²) in [4.78, 5) is 15.1. The number of hydrogen-bond acceptors (Lipinski definition) is 4. The smallest absolute Gasteiger partial charge is 0.239 e. The zero-order valence-electron chi connectivity index (χ0n) is 8.91. The Morgan fingerprint density at radius 3 is 3.07 bits per heavy atom. The Hall–Kier alpha value is -1.78. The minimum Gasteiger partial charge on any atom is -0.490 e. The van der Waals surface area contributed by atoms with Crippen LogP contribution in [0.2, 0.25) is 0 Å². The van der Waals surface area contributed by atoms with E-state index in [1.165, 1.54) is 0 Å². The molecule has 15 heavy (non-hydrogen) atoms. The first-order valence-corrected chi connectivity index (χ1v) is 4.80. The lowest BCUT2D eigenvalue weighted by Crippen LogP contribution is -2.26. The maximum atomic E-state index is 11.0. The minimum absolute atomic E-state index is 0.0944. The molecule has 5 nitrogen and oxygen atoms in total. The van der Waals surface area contributed by atoms with Crippen LogP contribution in [0.15, 0.2) is 18.3 Å². The lowest BCUT2D eigenvalue weighted by Gasteiger charge is -2.09. The first-order valence-electron chi connectivity index (χ1n) is 4.80. The molecule has 0 saturated heterocycles. The van der Waals surface area contributed by atoms with Gasteiger partial charge in [-0.25, -0.2) is 4.98 Å². The topological polar surface area (TPSA) is 63.2 Å². The van der Waals surface area contributed by atoms with Crippen molar-refractivity contribution in [2.75, 3.05) is 25.5 Å². The van der Waals surface area contributed by atoms with Gasteiger partial charge in [-0.1, -0.05) is 0 Å². The molecule has 0 unspecified atom stereocenters. The summed E-state index contributed by atoms with van der Waals surface area (Å²) in [7, 11) is 1.59. The molecule has 82 valence electrons. The van der Waals surface area contributed by atoms with E-state index in [4.69, 9.17) is 4.74 Å². The van der Waals surface area contributed by atoms with Crippen molar-refractivity contribution in [3.63, 3.8) is 0 Å². The molecule has 0 aromatic carbocycles. The number of amides is 1. The van der Waals surface area contributed by atoms with Crippen molar-refractivity contribution in [1.82, 2.24) is 10.3 Å². The summed E-state index contributed by atoms with van der Waals surface area (Å²) in [5, 5.41) is 5.42. The first kappa shape index (κ1) is 11.3. The Labute approximate surface area is 88.9 Å². The molecule has 0 radical (unpaired) electrons. The van der Waals surface area contributed by atoms with E-state index in [0.29, 0.717) is 18.2 Å². The number of nitrogens with one attached hydrogen (secondary N) is 2. The third-order valence-electron chi connectivity index (χ3n) is 1.77. The van der Waals surface area contributed by atoms with Crippen LogP contribution in [0, 0.1) is 0 Å². The molecular formula is C10H15N3O2. The lowest BCUT2D eigenvalue weighted by atomic mass is 10.4. The summed E-state index contributed by atoms with van der Waals surface area (Å²) in [5.74, 6) is 1.15. The molecule has 2 N–H and O–H groups in total. The fourth-order valence-corrected chi connectivity index (χ4v) is 1.05. The number of ether oxygens (including phenoxy) is 1. The number of carbonyl (C=O) groups is 1. The molecule has 1 heterocycles. The molecule has 0 atom stereocenters. The average molecular weight is 209 g/mol. The van der Waals surface area contributed by atoms with Gasteiger partial charge in [-0.05, 0) is 19.1 Å². The summed E-state index contributed by atoms with van der Waals surface area (Å²) >= 11 is 0. The zero-order chi connectivity index (χ0) is 11.1. The molecule has 1 rings (SSSR count). The molecule has 0 fully saturated rings. The third kappa shape index (κ3) is 3.46. The Balaban J connectivity index is 2.62. The second-order valence-electron chi connectivity index (χ2n) is 2.81. The van der Waals surface area contributed by atoms with Crippen LogP contribution in [0.25, 0.3) is 0 Å². The Kier molecular flexibility index (Phi) is 4.40. The molecule has 0 bridgehead atoms. The van der Waals surface area contributed by atoms with Crippen molar-refractivity contribution >= 4 is 11.7 Å². The van der Waals surface area contributed by atoms with Crippen LogP contribution in [0.4, 0.5) is 5.82 Å². The van der Waals surface area contributed by atoms with Crippen LogP contribution in [0.5, 0.6) is 5.75 Å². The number of hydrogen-bond donors (Lipinski definition) is 2. The summed E-state index contributed by atoms with van der Waals surface area (Å²) in [5.41, 5.74) is 0. The van der Waals surface area contributed by atoms with Gasteiger partial charge in [-0.15, -0.1) is 0 Å². The van der Waals surface area contributed by atoms with Crippen molar-refractivity contribution < 1.29 is 9.53 Å². The number of carbonyl (C=O) groups excluding carboxylic acids is 1. The van der Waals surface area contributed by atoms with E-state index in [1.54, 1.807) is 19.3 Å². The van der Waals surface area contributed by atoms with E-state index in [1.807, 2.05) is 13.0 Å². The Morgan fingerprint density at radius 2 is 2.40 bits per heavy atom. The van der Waals surface area contributed by atoms with Gasteiger partial charge in [-0.2, -0.15) is 0 Å². The number of anilines is 1. The summed E-state index contributed by atoms with van der Waals surface area (Å²) in [6, 6.07) is 3.60. The first-order chi connectivity index (χ1) is 7.27. The molecule has 1 amide bonds. The average Bonchev–Trinajstić information content (AvgIpc) is 2.28. The van der Waals surface area contributed by atoms with Crippen LogP contribution in [-0.2, 0) is 4.79 Å². The molecular weight excluding hydrogens is 194 g/mol. The third-order valence-corrected chi connectivity index (χ3v) is 1.77. The highest BCUT2D eigenvalue weighted by molar-refractivity contribution is 5.80. The van der Waals surface area contributed by atoms with Crippen molar-refractivity contribution in [3.05, 3.63) is 18.3 Å². The molecule has 0 saturated carbocycles. The molecule has 0 spiro atoms. The van der Waals surface area contributed by atoms with Crippen LogP contribution >= 0.6 is 0 Å². The number of nitrogens with zero attached hydrogens (tertiary/aromatic N) is 1. The van der Waals surface area contributed by atoms with Crippen LogP contribution in [0.3, 0.4) is 0 Å². The van der Waals surface area contributed by atoms with Crippen molar-refractivity contribution in [3.8, 4) is 5.75 Å². The lowest BCUT2D eigenvalue weighted by molar-refractivity contribution is -0.118. The second kappa shape index (κ2) is 5.85. The second-order valence-corrected chi connectivity index (χ2v) is 2.81. The number of likely N-dealkylation sites (N-methyl/N-ethyl adjacent to an activating group) is 1. The fourth-order valence-electron chi connectivity index (χ4n) is 1.05. The molecule has 0 aliphatic rings. The Bertz CT molecular complexity index is 328. The van der Waals surface area contributed by atoms with Gasteiger partial charge in [0.15, 0.2) is 11.6 Å². The van der Waals surface area contributed by atoms with E-state index in [9.17, 15) is 4.79 Å². The van der Waals surface area contributed by atoms with Crippen molar-refractivity contribution in [2.45, 2.75) is 6.92 Å². The normalized spacial score (nSPS) is 9.47. The zero-order valence-corrected chi connectivity index (χ0v) is 8.91. The molecule has 0 aliphatic carbocycles. The van der Waals surface area contributed by atoms with E-state index in [2.05, 4.69) is 15.6 Å². The summed E-state index contributed by atoms with van der Waals surface area (Å²) < 4.78 is 5.35. The number of aromatic nitrogens is 1. The maximum absolute atomic E-state index is 11.0. The van der Waals surface area contributed by atoms with Gasteiger partial charge in [0.1, 0.15) is 0 Å². The van der Waals surface area contributed by atoms with Gasteiger partial charge in [0.25, 0.3) is 0 Å². The van der Waals surface area contributed by atoms with E-state index in [-0.39, 0.29) is 12.5 Å². The standard InChI is InChI=1S/C10H15N3O2/c1-3-15-8-5-4-6-12-10(8)13-7-9(14)11-2/h4-6H,3,7H2,1-2H3,(H,11,14)(H,12,13). The van der Waals surface area contributed by atoms with Crippen LogP contribution in [-0.4, -0.2) is 31.1 Å². The SMILES string of the molecule is CCOc1cccnc1NCC(=O)NC. The van der Waals surface area contributed by atoms with Gasteiger partial charge < -0.3 is 15.4 Å². The highest BCUT2D eigenvalue weighted by atomic mass is 16.5. The van der Waals surface area contributed by atoms with Crippen molar-refractivity contribution in [1.29, 1.82) is 0 Å². The van der Waals surface area contributed by atoms with Crippen molar-refractivity contribution in [2.24, 2.45) is 0 Å². The fraction of sp³-hybridized carbons (Fsp3) is 0.400. The monoisotopic (exact) mass is 209 g/mol. The van der Waals surface area contributed by atoms with E-state index in [0.717, 1.165) is 0 Å². The maximum Gasteiger partial charge on any atom is 0.239 e. The predicted octanol–water partition coefficient (Wildman–Crippen LogP) is 0.638. The van der Waals surface area contributed by atoms with Gasteiger partial charge in [-0.3, -0.25) is 4.79 Å². The molecule has 0 aliphatic heterocycles. The highest BCUT2D eigenvalue weighted by Gasteiger charge is 2.04. The van der Waals surface area contributed by atoms with E-state index >= 15 is 0 Å². The predicted molar refractivity (Wildman–Crippen MR) is 58.0 cm³/mol. The van der Waals surface area contributed by atoms with Crippen LogP contribution in [0.1, 0.15) is 6.92 Å². The largest absolute Gasteiger partial charge is 0.490 e. The number of rotatable bonds is 5. The van der Waals surface area contributed by atoms with Crippen LogP contribution < -0.4 is 15.4 Å². The van der Waals surface area contributed by atoms with Gasteiger partial charge in [0, 0.05) is 13.2 Å². The van der Waals surface area contributed by atoms with E-state index < -0.39 is 0 Å². The molecule has 5 heteroatoms. The molecule has 1 aromatic heterocycles. The van der Waals surface area contributed by atoms with Gasteiger partial charge in [0.2, 0.25) is 5.91 Å². The van der Waals surface area contributed by atoms with Gasteiger partial charge >= 0.3 is 0 Å². The quantitative estimate of drug-likeness (QED) is 0.747. The number of pyridine rings is 1. The summed E-state index contributed by atoms with van der Waals surface area (Å²) in [6.45, 7) is 2.66. The highest BCUT2D eigenvalue weighted by Crippen LogP contribution is 2.19. The minimum atomic E-state index is -0.0944.